The monoisotopic (exact) mass is 134 g/mol. The van der Waals surface area contributed by atoms with Gasteiger partial charge in [-0.25, -0.2) is 0 Å². The highest BCUT2D eigenvalue weighted by molar-refractivity contribution is 5.78. The molecule has 0 spiro atoms. The Hall–Kier alpha value is -0.850. The second kappa shape index (κ2) is 1.82. The molecule has 1 nitrogen and oxygen atoms in total. The summed E-state index contributed by atoms with van der Waals surface area (Å²) in [6, 6.07) is 0. The van der Waals surface area contributed by atoms with E-state index < -0.39 is 0 Å². The van der Waals surface area contributed by atoms with Crippen molar-refractivity contribution in [1.82, 2.24) is 0 Å². The van der Waals surface area contributed by atoms with Gasteiger partial charge in [0.15, 0.2) is 0 Å². The Labute approximate surface area is 60.4 Å². The summed E-state index contributed by atoms with van der Waals surface area (Å²) in [7, 11) is 0. The molecule has 52 valence electrons. The fourth-order valence-electron chi connectivity index (χ4n) is 1.94. The van der Waals surface area contributed by atoms with Gasteiger partial charge in [0.05, 0.1) is 0 Å². The molecule has 2 aliphatic rings. The zero-order chi connectivity index (χ0) is 7.14. The Morgan fingerprint density at radius 1 is 1.50 bits per heavy atom. The second-order valence-corrected chi connectivity index (χ2v) is 3.09. The second-order valence-electron chi connectivity index (χ2n) is 3.09. The number of carbonyl (C=O) groups excluding carboxylic acids is 1. The summed E-state index contributed by atoms with van der Waals surface area (Å²) in [4.78, 5) is 10.5. The Balaban J connectivity index is 2.41. The summed E-state index contributed by atoms with van der Waals surface area (Å²) in [5.41, 5.74) is 2.33. The molecule has 1 heteroatoms. The Kier molecular flexibility index (Phi) is 1.07. The summed E-state index contributed by atoms with van der Waals surface area (Å²) in [5, 5.41) is 0. The minimum Gasteiger partial charge on any atom is -0.298 e. The van der Waals surface area contributed by atoms with Crippen molar-refractivity contribution in [3.05, 3.63) is 23.3 Å². The first-order valence-corrected chi connectivity index (χ1v) is 3.67. The molecule has 0 aromatic heterocycles. The molecule has 2 atom stereocenters. The van der Waals surface area contributed by atoms with E-state index in [1.165, 1.54) is 5.57 Å². The SMILES string of the molecule is CC1=C(C=O)C2C=CC1C2. The van der Waals surface area contributed by atoms with Gasteiger partial charge >= 0.3 is 0 Å². The number of allylic oxidation sites excluding steroid dienone is 4. The van der Waals surface area contributed by atoms with Crippen LogP contribution in [0.2, 0.25) is 0 Å². The zero-order valence-corrected chi connectivity index (χ0v) is 6.00. The van der Waals surface area contributed by atoms with Crippen LogP contribution in [0, 0.1) is 11.8 Å². The third-order valence-electron chi connectivity index (χ3n) is 2.62. The fraction of sp³-hybridized carbons (Fsp3) is 0.444. The number of rotatable bonds is 1. The molecule has 2 rings (SSSR count). The molecule has 0 radical (unpaired) electrons. The van der Waals surface area contributed by atoms with Crippen molar-refractivity contribution in [3.8, 4) is 0 Å². The fourth-order valence-corrected chi connectivity index (χ4v) is 1.94. The number of carbonyl (C=O) groups is 1. The maximum atomic E-state index is 10.5. The van der Waals surface area contributed by atoms with E-state index in [0.29, 0.717) is 11.8 Å². The van der Waals surface area contributed by atoms with Crippen LogP contribution in [0.3, 0.4) is 0 Å². The van der Waals surface area contributed by atoms with Crippen molar-refractivity contribution in [3.63, 3.8) is 0 Å². The average Bonchev–Trinajstić information content (AvgIpc) is 2.46. The highest BCUT2D eigenvalue weighted by atomic mass is 16.1. The number of fused-ring (bicyclic) bond motifs is 2. The molecule has 0 saturated carbocycles. The van der Waals surface area contributed by atoms with Crippen molar-refractivity contribution >= 4 is 6.29 Å². The molecule has 0 aliphatic heterocycles. The van der Waals surface area contributed by atoms with Crippen LogP contribution in [0.1, 0.15) is 13.3 Å². The number of hydrogen-bond donors (Lipinski definition) is 0. The first-order valence-electron chi connectivity index (χ1n) is 3.67. The highest BCUT2D eigenvalue weighted by Gasteiger charge is 2.31. The highest BCUT2D eigenvalue weighted by Crippen LogP contribution is 2.42. The lowest BCUT2D eigenvalue weighted by Gasteiger charge is -2.05. The van der Waals surface area contributed by atoms with Crippen molar-refractivity contribution in [2.75, 3.05) is 0 Å². The van der Waals surface area contributed by atoms with Gasteiger partial charge in [-0.05, 0) is 24.8 Å². The van der Waals surface area contributed by atoms with Gasteiger partial charge in [-0.2, -0.15) is 0 Å². The maximum Gasteiger partial charge on any atom is 0.146 e. The van der Waals surface area contributed by atoms with Crippen molar-refractivity contribution in [2.24, 2.45) is 11.8 Å². The molecule has 0 amide bonds. The van der Waals surface area contributed by atoms with Crippen molar-refractivity contribution in [1.29, 1.82) is 0 Å². The largest absolute Gasteiger partial charge is 0.298 e. The lowest BCUT2D eigenvalue weighted by molar-refractivity contribution is -0.105. The average molecular weight is 134 g/mol. The third-order valence-corrected chi connectivity index (χ3v) is 2.62. The van der Waals surface area contributed by atoms with Crippen LogP contribution in [-0.2, 0) is 4.79 Å². The van der Waals surface area contributed by atoms with Gasteiger partial charge in [-0.15, -0.1) is 0 Å². The van der Waals surface area contributed by atoms with Crippen LogP contribution in [0.25, 0.3) is 0 Å². The van der Waals surface area contributed by atoms with E-state index >= 15 is 0 Å². The van der Waals surface area contributed by atoms with E-state index in [1.807, 2.05) is 0 Å². The minimum atomic E-state index is 0.461. The van der Waals surface area contributed by atoms with Gasteiger partial charge in [0.1, 0.15) is 6.29 Å². The maximum absolute atomic E-state index is 10.5. The third kappa shape index (κ3) is 0.551. The van der Waals surface area contributed by atoms with Crippen molar-refractivity contribution < 1.29 is 4.79 Å². The molecule has 0 aromatic carbocycles. The molecular formula is C9H10O. The number of aldehydes is 1. The Bertz CT molecular complexity index is 235. The molecule has 2 bridgehead atoms. The van der Waals surface area contributed by atoms with Crippen LogP contribution in [-0.4, -0.2) is 6.29 Å². The van der Waals surface area contributed by atoms with Gasteiger partial charge in [-0.1, -0.05) is 17.7 Å². The molecule has 0 saturated heterocycles. The summed E-state index contributed by atoms with van der Waals surface area (Å²) in [5.74, 6) is 1.05. The van der Waals surface area contributed by atoms with E-state index in [1.54, 1.807) is 0 Å². The zero-order valence-electron chi connectivity index (χ0n) is 6.00. The molecule has 2 aliphatic carbocycles. The summed E-state index contributed by atoms with van der Waals surface area (Å²) < 4.78 is 0. The van der Waals surface area contributed by atoms with Gasteiger partial charge in [0, 0.05) is 5.92 Å². The van der Waals surface area contributed by atoms with Gasteiger partial charge in [0.2, 0.25) is 0 Å². The molecule has 0 N–H and O–H groups in total. The van der Waals surface area contributed by atoms with Gasteiger partial charge in [-0.3, -0.25) is 4.79 Å². The minimum absolute atomic E-state index is 0.461. The topological polar surface area (TPSA) is 17.1 Å². The lowest BCUT2D eigenvalue weighted by atomic mass is 10.00. The number of hydrogen-bond acceptors (Lipinski definition) is 1. The summed E-state index contributed by atoms with van der Waals surface area (Å²) >= 11 is 0. The van der Waals surface area contributed by atoms with Crippen molar-refractivity contribution in [2.45, 2.75) is 13.3 Å². The normalized spacial score (nSPS) is 35.7. The van der Waals surface area contributed by atoms with Gasteiger partial charge in [0.25, 0.3) is 0 Å². The van der Waals surface area contributed by atoms with E-state index in [-0.39, 0.29) is 0 Å². The van der Waals surface area contributed by atoms with Gasteiger partial charge < -0.3 is 0 Å². The smallest absolute Gasteiger partial charge is 0.146 e. The molecule has 2 unspecified atom stereocenters. The molecule has 0 heterocycles. The predicted molar refractivity (Wildman–Crippen MR) is 39.5 cm³/mol. The Morgan fingerprint density at radius 2 is 2.20 bits per heavy atom. The first-order chi connectivity index (χ1) is 4.83. The van der Waals surface area contributed by atoms with Crippen LogP contribution in [0.5, 0.6) is 0 Å². The standard InChI is InChI=1S/C9H10O/c1-6-7-2-3-8(4-7)9(6)5-10/h2-3,5,7-8H,4H2,1H3. The van der Waals surface area contributed by atoms with E-state index in [0.717, 1.165) is 18.3 Å². The molecular weight excluding hydrogens is 124 g/mol. The van der Waals surface area contributed by atoms with Crippen LogP contribution in [0.15, 0.2) is 23.3 Å². The Morgan fingerprint density at radius 3 is 2.60 bits per heavy atom. The lowest BCUT2D eigenvalue weighted by Crippen LogP contribution is -1.96. The van der Waals surface area contributed by atoms with Crippen LogP contribution in [0.4, 0.5) is 0 Å². The summed E-state index contributed by atoms with van der Waals surface area (Å²) in [6.45, 7) is 2.07. The molecule has 0 aromatic rings. The van der Waals surface area contributed by atoms with E-state index in [4.69, 9.17) is 0 Å². The summed E-state index contributed by atoms with van der Waals surface area (Å²) in [6.07, 6.45) is 6.54. The van der Waals surface area contributed by atoms with E-state index in [2.05, 4.69) is 19.1 Å². The van der Waals surface area contributed by atoms with E-state index in [9.17, 15) is 4.79 Å². The molecule has 10 heavy (non-hydrogen) atoms. The van der Waals surface area contributed by atoms with Crippen LogP contribution < -0.4 is 0 Å². The predicted octanol–water partition coefficient (Wildman–Crippen LogP) is 1.71. The first kappa shape index (κ1) is 5.90. The molecule has 0 fully saturated rings. The van der Waals surface area contributed by atoms with Crippen LogP contribution >= 0.6 is 0 Å². The quantitative estimate of drug-likeness (QED) is 0.394.